The van der Waals surface area contributed by atoms with E-state index in [1.54, 1.807) is 4.90 Å². The second-order valence-electron chi connectivity index (χ2n) is 6.92. The number of nitrogens with one attached hydrogen (secondary N) is 1. The molecule has 6 heteroatoms. The number of nitrogens with zero attached hydrogens (tertiary/aromatic N) is 2. The summed E-state index contributed by atoms with van der Waals surface area (Å²) < 4.78 is 5.86. The predicted octanol–water partition coefficient (Wildman–Crippen LogP) is 1.72. The Labute approximate surface area is 142 Å². The van der Waals surface area contributed by atoms with E-state index in [1.165, 1.54) is 0 Å². The van der Waals surface area contributed by atoms with Crippen molar-refractivity contribution in [2.24, 2.45) is 5.92 Å². The van der Waals surface area contributed by atoms with Gasteiger partial charge in [-0.3, -0.25) is 19.4 Å². The summed E-state index contributed by atoms with van der Waals surface area (Å²) in [6.45, 7) is 7.06. The van der Waals surface area contributed by atoms with Gasteiger partial charge in [-0.25, -0.2) is 0 Å². The zero-order chi connectivity index (χ0) is 17.1. The molecule has 1 N–H and O–H groups in total. The van der Waals surface area contributed by atoms with Gasteiger partial charge in [-0.15, -0.1) is 0 Å². The monoisotopic (exact) mass is 331 g/mol. The Morgan fingerprint density at radius 2 is 2.17 bits per heavy atom. The van der Waals surface area contributed by atoms with E-state index in [1.807, 2.05) is 24.3 Å². The summed E-state index contributed by atoms with van der Waals surface area (Å²) in [5.74, 6) is 0.326. The van der Waals surface area contributed by atoms with Gasteiger partial charge in [0.2, 0.25) is 11.8 Å². The lowest BCUT2D eigenvalue weighted by atomic mass is 10.2. The normalized spacial score (nSPS) is 21.0. The highest BCUT2D eigenvalue weighted by atomic mass is 16.5. The van der Waals surface area contributed by atoms with Crippen molar-refractivity contribution in [2.75, 3.05) is 43.0 Å². The van der Waals surface area contributed by atoms with Crippen LogP contribution in [0.25, 0.3) is 0 Å². The molecule has 0 bridgehead atoms. The molecule has 1 atom stereocenters. The summed E-state index contributed by atoms with van der Waals surface area (Å²) in [6.07, 6.45) is 1.16. The third-order valence-electron chi connectivity index (χ3n) is 4.32. The first-order chi connectivity index (χ1) is 11.5. The van der Waals surface area contributed by atoms with Gasteiger partial charge in [0.25, 0.3) is 0 Å². The Bertz CT molecular complexity index is 617. The lowest BCUT2D eigenvalue weighted by molar-refractivity contribution is -0.122. The standard InChI is InChI=1S/C18H25N3O3/c1-13(2)12-24-14-7-8-20(9-14)11-18(23)21-10-17(22)19-15-5-3-4-6-16(15)21/h3-6,13-14H,7-12H2,1-2H3,(H,19,22)/t14-/m0/s1. The summed E-state index contributed by atoms with van der Waals surface area (Å²) >= 11 is 0. The van der Waals surface area contributed by atoms with Gasteiger partial charge in [-0.1, -0.05) is 26.0 Å². The quantitative estimate of drug-likeness (QED) is 0.892. The molecular formula is C18H25N3O3. The van der Waals surface area contributed by atoms with E-state index in [2.05, 4.69) is 24.1 Å². The molecule has 3 rings (SSSR count). The molecule has 0 aliphatic carbocycles. The fraction of sp³-hybridized carbons (Fsp3) is 0.556. The van der Waals surface area contributed by atoms with Gasteiger partial charge in [0, 0.05) is 19.7 Å². The number of hydrogen-bond donors (Lipinski definition) is 1. The maximum Gasteiger partial charge on any atom is 0.244 e. The number of amides is 2. The molecule has 24 heavy (non-hydrogen) atoms. The van der Waals surface area contributed by atoms with Crippen molar-refractivity contribution in [2.45, 2.75) is 26.4 Å². The molecular weight excluding hydrogens is 306 g/mol. The van der Waals surface area contributed by atoms with Crippen LogP contribution in [0.5, 0.6) is 0 Å². The summed E-state index contributed by atoms with van der Waals surface area (Å²) in [4.78, 5) is 28.2. The van der Waals surface area contributed by atoms with E-state index in [-0.39, 0.29) is 24.5 Å². The zero-order valence-electron chi connectivity index (χ0n) is 14.3. The summed E-state index contributed by atoms with van der Waals surface area (Å²) in [5.41, 5.74) is 1.47. The summed E-state index contributed by atoms with van der Waals surface area (Å²) in [7, 11) is 0. The average Bonchev–Trinajstić information content (AvgIpc) is 2.99. The first kappa shape index (κ1) is 16.9. The van der Waals surface area contributed by atoms with Crippen molar-refractivity contribution in [1.29, 1.82) is 0 Å². The zero-order valence-corrected chi connectivity index (χ0v) is 14.3. The maximum atomic E-state index is 12.7. The minimum absolute atomic E-state index is 0.0400. The van der Waals surface area contributed by atoms with E-state index in [4.69, 9.17) is 4.74 Å². The molecule has 0 unspecified atom stereocenters. The molecule has 130 valence electrons. The highest BCUT2D eigenvalue weighted by molar-refractivity contribution is 6.10. The van der Waals surface area contributed by atoms with Gasteiger partial charge >= 0.3 is 0 Å². The van der Waals surface area contributed by atoms with Crippen LogP contribution in [-0.2, 0) is 14.3 Å². The Morgan fingerprint density at radius 3 is 2.96 bits per heavy atom. The maximum absolute atomic E-state index is 12.7. The highest BCUT2D eigenvalue weighted by Crippen LogP contribution is 2.29. The summed E-state index contributed by atoms with van der Waals surface area (Å²) in [6, 6.07) is 7.41. The number of likely N-dealkylation sites (tertiary alicyclic amines) is 1. The van der Waals surface area contributed by atoms with Crippen LogP contribution in [0.3, 0.4) is 0 Å². The van der Waals surface area contributed by atoms with Crippen LogP contribution in [0, 0.1) is 5.92 Å². The first-order valence-electron chi connectivity index (χ1n) is 8.56. The fourth-order valence-corrected chi connectivity index (χ4v) is 3.14. The fourth-order valence-electron chi connectivity index (χ4n) is 3.14. The summed E-state index contributed by atoms with van der Waals surface area (Å²) in [5, 5.41) is 2.81. The van der Waals surface area contributed by atoms with Crippen molar-refractivity contribution in [3.63, 3.8) is 0 Å². The van der Waals surface area contributed by atoms with E-state index < -0.39 is 0 Å². The second kappa shape index (κ2) is 7.32. The van der Waals surface area contributed by atoms with Gasteiger partial charge in [0.1, 0.15) is 6.54 Å². The van der Waals surface area contributed by atoms with Gasteiger partial charge in [0.05, 0.1) is 24.0 Å². The Hall–Kier alpha value is -1.92. The topological polar surface area (TPSA) is 61.9 Å². The molecule has 0 saturated carbocycles. The third-order valence-corrected chi connectivity index (χ3v) is 4.32. The van der Waals surface area contributed by atoms with Crippen molar-refractivity contribution < 1.29 is 14.3 Å². The number of anilines is 2. The molecule has 0 radical (unpaired) electrons. The van der Waals surface area contributed by atoms with Crippen LogP contribution in [0.2, 0.25) is 0 Å². The van der Waals surface area contributed by atoms with Crippen molar-refractivity contribution in [3.05, 3.63) is 24.3 Å². The molecule has 0 aromatic heterocycles. The smallest absolute Gasteiger partial charge is 0.244 e. The number of carbonyl (C=O) groups is 2. The second-order valence-corrected chi connectivity index (χ2v) is 6.92. The van der Waals surface area contributed by atoms with Crippen molar-refractivity contribution in [1.82, 2.24) is 4.90 Å². The molecule has 2 aliphatic heterocycles. The minimum Gasteiger partial charge on any atom is -0.377 e. The molecule has 2 heterocycles. The first-order valence-corrected chi connectivity index (χ1v) is 8.56. The number of fused-ring (bicyclic) bond motifs is 1. The van der Waals surface area contributed by atoms with E-state index in [9.17, 15) is 9.59 Å². The van der Waals surface area contributed by atoms with Crippen LogP contribution in [0.4, 0.5) is 11.4 Å². The Balaban J connectivity index is 1.59. The SMILES string of the molecule is CC(C)CO[C@H]1CCN(CC(=O)N2CC(=O)Nc3ccccc32)C1. The lowest BCUT2D eigenvalue weighted by Crippen LogP contribution is -2.46. The van der Waals surface area contributed by atoms with Gasteiger partial charge < -0.3 is 10.1 Å². The number of ether oxygens (including phenoxy) is 1. The van der Waals surface area contributed by atoms with Crippen molar-refractivity contribution >= 4 is 23.2 Å². The molecule has 1 saturated heterocycles. The molecule has 6 nitrogen and oxygen atoms in total. The minimum atomic E-state index is -0.151. The molecule has 1 aromatic rings. The van der Waals surface area contributed by atoms with Crippen molar-refractivity contribution in [3.8, 4) is 0 Å². The van der Waals surface area contributed by atoms with Crippen LogP contribution in [0.15, 0.2) is 24.3 Å². The molecule has 2 amide bonds. The predicted molar refractivity (Wildman–Crippen MR) is 93.1 cm³/mol. The Kier molecular flexibility index (Phi) is 5.16. The third kappa shape index (κ3) is 3.94. The molecule has 0 spiro atoms. The average molecular weight is 331 g/mol. The molecule has 2 aliphatic rings. The van der Waals surface area contributed by atoms with Crippen LogP contribution >= 0.6 is 0 Å². The van der Waals surface area contributed by atoms with Crippen LogP contribution < -0.4 is 10.2 Å². The van der Waals surface area contributed by atoms with E-state index in [0.29, 0.717) is 18.2 Å². The Morgan fingerprint density at radius 1 is 1.38 bits per heavy atom. The van der Waals surface area contributed by atoms with E-state index in [0.717, 1.165) is 31.8 Å². The molecule has 1 fully saturated rings. The van der Waals surface area contributed by atoms with Crippen LogP contribution in [-0.4, -0.2) is 55.6 Å². The van der Waals surface area contributed by atoms with Crippen LogP contribution in [0.1, 0.15) is 20.3 Å². The highest BCUT2D eigenvalue weighted by Gasteiger charge is 2.30. The number of carbonyl (C=O) groups excluding carboxylic acids is 2. The lowest BCUT2D eigenvalue weighted by Gasteiger charge is -2.30. The number of rotatable bonds is 5. The van der Waals surface area contributed by atoms with Gasteiger partial charge in [-0.05, 0) is 24.5 Å². The molecule has 1 aromatic carbocycles. The number of para-hydroxylation sites is 2. The van der Waals surface area contributed by atoms with Gasteiger partial charge in [-0.2, -0.15) is 0 Å². The van der Waals surface area contributed by atoms with Gasteiger partial charge in [0.15, 0.2) is 0 Å². The number of hydrogen-bond acceptors (Lipinski definition) is 4. The number of benzene rings is 1. The van der Waals surface area contributed by atoms with E-state index >= 15 is 0 Å². The largest absolute Gasteiger partial charge is 0.377 e.